The third-order valence-corrected chi connectivity index (χ3v) is 18.1. The molecule has 73 heavy (non-hydrogen) atoms. The first-order valence-electron chi connectivity index (χ1n) is 26.2. The van der Waals surface area contributed by atoms with Crippen LogP contribution in [0, 0.1) is 52.0 Å². The Balaban J connectivity index is 1.17. The first kappa shape index (κ1) is 55.7. The van der Waals surface area contributed by atoms with Gasteiger partial charge < -0.3 is 74.1 Å². The van der Waals surface area contributed by atoms with Crippen LogP contribution < -0.4 is 5.32 Å². The van der Waals surface area contributed by atoms with E-state index in [0.29, 0.717) is 12.0 Å². The zero-order chi connectivity index (χ0) is 53.4. The summed E-state index contributed by atoms with van der Waals surface area (Å²) in [5.74, 6) is -4.16. The molecule has 4 heterocycles. The topological polar surface area (TPSA) is 265 Å². The average Bonchev–Trinajstić information content (AvgIpc) is 3.56. The highest BCUT2D eigenvalue weighted by Crippen LogP contribution is 2.61. The number of hydrogen-bond donors (Lipinski definition) is 6. The maximum atomic E-state index is 15.4. The van der Waals surface area contributed by atoms with E-state index >= 15 is 4.79 Å². The first-order valence-corrected chi connectivity index (χ1v) is 26.2. The van der Waals surface area contributed by atoms with E-state index in [9.17, 15) is 40.4 Å². The molecule has 4 saturated heterocycles. The quantitative estimate of drug-likeness (QED) is 0.0707. The van der Waals surface area contributed by atoms with Crippen molar-refractivity contribution in [1.82, 2.24) is 10.5 Å². The molecule has 4 aliphatic heterocycles. The van der Waals surface area contributed by atoms with Gasteiger partial charge in [0.15, 0.2) is 24.5 Å². The maximum absolute atomic E-state index is 15.4. The number of allylic oxidation sites excluding steroid dienone is 4. The van der Waals surface area contributed by atoms with E-state index in [2.05, 4.69) is 25.2 Å². The number of Topliss-reactive ketones (excluding diaryl/α,β-unsaturated/α-hetero) is 1. The first-order chi connectivity index (χ1) is 34.2. The Kier molecular flexibility index (Phi) is 16.1. The second kappa shape index (κ2) is 21.1. The van der Waals surface area contributed by atoms with Crippen LogP contribution in [0.5, 0.6) is 0 Å². The van der Waals surface area contributed by atoms with E-state index in [-0.39, 0.29) is 72.3 Å². The molecule has 23 atom stereocenters. The molecular weight excluding hydrogens is 949 g/mol. The number of aliphatic hydroxyl groups excluding tert-OH is 4. The summed E-state index contributed by atoms with van der Waals surface area (Å²) in [6, 6.07) is -0.985. The number of amides is 1. The lowest BCUT2D eigenvalue weighted by Crippen LogP contribution is -2.67. The molecule has 408 valence electrons. The molecule has 1 saturated carbocycles. The molecular formula is C54H79N2O17-. The molecule has 19 heteroatoms. The van der Waals surface area contributed by atoms with E-state index in [1.54, 1.807) is 20.8 Å². The molecule has 2 unspecified atom stereocenters. The van der Waals surface area contributed by atoms with E-state index in [1.807, 2.05) is 58.9 Å². The van der Waals surface area contributed by atoms with E-state index in [4.69, 9.17) is 37.9 Å². The van der Waals surface area contributed by atoms with Crippen molar-refractivity contribution in [3.8, 4) is 0 Å². The van der Waals surface area contributed by atoms with Crippen molar-refractivity contribution in [3.63, 3.8) is 0 Å². The molecule has 8 aliphatic rings. The van der Waals surface area contributed by atoms with Crippen molar-refractivity contribution in [1.29, 1.82) is 0 Å². The number of ether oxygens (including phenoxy) is 8. The molecule has 0 aromatic heterocycles. The summed E-state index contributed by atoms with van der Waals surface area (Å²) in [5.41, 5.74) is -2.43. The normalized spacial score (nSPS) is 47.3. The summed E-state index contributed by atoms with van der Waals surface area (Å²) in [4.78, 5) is 42.4. The van der Waals surface area contributed by atoms with Crippen LogP contribution in [0.3, 0.4) is 0 Å². The predicted octanol–water partition coefficient (Wildman–Crippen LogP) is 5.98. The van der Waals surface area contributed by atoms with E-state index in [0.717, 1.165) is 11.1 Å². The van der Waals surface area contributed by atoms with Gasteiger partial charge >= 0.3 is 12.1 Å². The Morgan fingerprint density at radius 1 is 0.808 bits per heavy atom. The number of carbonyl (C=O) groups excluding carboxylic acids is 3. The van der Waals surface area contributed by atoms with Crippen molar-refractivity contribution in [2.24, 2.45) is 46.8 Å². The molecule has 4 aliphatic carbocycles. The van der Waals surface area contributed by atoms with Crippen LogP contribution in [-0.4, -0.2) is 147 Å². The van der Waals surface area contributed by atoms with Gasteiger partial charge in [0.25, 0.3) is 0 Å². The van der Waals surface area contributed by atoms with Crippen LogP contribution in [0.2, 0.25) is 0 Å². The molecule has 8 rings (SSSR count). The lowest BCUT2D eigenvalue weighted by Gasteiger charge is -2.56. The number of hydrogen-bond acceptors (Lipinski definition) is 18. The smallest absolute Gasteiger partial charge is 0.407 e. The Hall–Kier alpha value is -3.57. The van der Waals surface area contributed by atoms with Gasteiger partial charge in [-0.3, -0.25) is 10.0 Å². The highest BCUT2D eigenvalue weighted by Gasteiger charge is 2.64. The summed E-state index contributed by atoms with van der Waals surface area (Å²) in [7, 11) is 1.19. The Morgan fingerprint density at radius 2 is 1.45 bits per heavy atom. The molecule has 1 amide bonds. The van der Waals surface area contributed by atoms with Crippen LogP contribution in [0.4, 0.5) is 4.79 Å². The van der Waals surface area contributed by atoms with E-state index < -0.39 is 132 Å². The fourth-order valence-corrected chi connectivity index (χ4v) is 13.9. The highest BCUT2D eigenvalue weighted by molar-refractivity contribution is 6.26. The number of esters is 1. The fraction of sp³-hybridized carbons (Fsp3) is 0.759. The number of fused-ring (bicyclic) bond motifs is 4. The maximum Gasteiger partial charge on any atom is 0.407 e. The van der Waals surface area contributed by atoms with Gasteiger partial charge in [-0.25, -0.2) is 9.59 Å². The SMILES string of the molecule is COC(=O)N[C@@H]1[C@H](C)O[C@@H](OC2CC=C(C)[C@H]3C=C[C@H]4[C@H](O[C@@H]5C[C@@H](O[C@@H]6C[C@@H](O)[C@@H](O)[C@H](C)O6)[C@@H](O)[C@H](C)O5)[C@H](C)C[C@@H](C)[C@@H]4[C@@]3(C)C(O)=C3C(=O)OC4(C[C@H](C)C(C)=C[C@H]4C=C2C)C3=O)C[C@@]1(C)N([O-])O. The average molecular weight is 1030 g/mol. The largest absolute Gasteiger partial charge is 0.762 e. The third-order valence-electron chi connectivity index (χ3n) is 18.1. The third kappa shape index (κ3) is 10.0. The van der Waals surface area contributed by atoms with Gasteiger partial charge in [-0.2, -0.15) is 0 Å². The Morgan fingerprint density at radius 3 is 2.11 bits per heavy atom. The number of aliphatic hydroxyl groups is 4. The van der Waals surface area contributed by atoms with Crippen LogP contribution in [0.1, 0.15) is 115 Å². The molecule has 0 radical (unpaired) electrons. The van der Waals surface area contributed by atoms with E-state index in [1.165, 1.54) is 14.0 Å². The minimum absolute atomic E-state index is 0.0168. The zero-order valence-electron chi connectivity index (χ0n) is 44.3. The van der Waals surface area contributed by atoms with Gasteiger partial charge in [-0.1, -0.05) is 69.2 Å². The van der Waals surface area contributed by atoms with Gasteiger partial charge in [-0.05, 0) is 90.6 Å². The summed E-state index contributed by atoms with van der Waals surface area (Å²) in [5, 5.41) is 71.0. The highest BCUT2D eigenvalue weighted by atomic mass is 16.8. The summed E-state index contributed by atoms with van der Waals surface area (Å²) < 4.78 is 49.7. The van der Waals surface area contributed by atoms with Gasteiger partial charge in [0.05, 0.1) is 61.4 Å². The minimum atomic E-state index is -1.69. The second-order valence-electron chi connectivity index (χ2n) is 23.1. The predicted molar refractivity (Wildman–Crippen MR) is 262 cm³/mol. The van der Waals surface area contributed by atoms with Crippen molar-refractivity contribution < 1.29 is 77.9 Å². The zero-order valence-corrected chi connectivity index (χ0v) is 44.3. The molecule has 0 aromatic rings. The number of ketones is 1. The number of nitrogens with one attached hydrogen (secondary N) is 1. The van der Waals surface area contributed by atoms with Crippen LogP contribution >= 0.6 is 0 Å². The summed E-state index contributed by atoms with van der Waals surface area (Å²) >= 11 is 0. The van der Waals surface area contributed by atoms with Crippen molar-refractivity contribution in [3.05, 3.63) is 63.6 Å². The van der Waals surface area contributed by atoms with Crippen molar-refractivity contribution in [2.45, 2.75) is 206 Å². The summed E-state index contributed by atoms with van der Waals surface area (Å²) in [6.07, 6.45) is 0.0694. The molecule has 0 aromatic carbocycles. The number of methoxy groups -OCH3 is 1. The minimum Gasteiger partial charge on any atom is -0.762 e. The number of nitrogens with zero attached hydrogens (tertiary/aromatic N) is 1. The van der Waals surface area contributed by atoms with Crippen molar-refractivity contribution in [2.75, 3.05) is 7.11 Å². The standard InChI is InChI=1S/C54H79N2O17/c1-24-13-16-37(70-41-23-52(10,56(64)65)47(32(9)69-41)55-51(63)66-12)26(3)19-33-18-25(2)29(6)22-54(33)49(61)42(50(62)73-54)48(60)53(11)35(24)15-14-34-43(53)27(4)17-28(5)46(34)72-40-21-38(45(59)31(8)68-40)71-39-20-36(57)44(58)30(7)67-39/h13-15,18-19,27-41,43-47,57-60,64H,16-17,20-23H2,1-12H3,(H,55,63)/q-1/t27-,28-,29+,30+,31+,32+,33+,34-,35-,36-,37?,38-,39-,40-,41+,43+,44+,45+,46-,47-,52-,53+,54?/m1/s1. The number of rotatable bonds is 8. The molecule has 6 N–H and O–H groups in total. The van der Waals surface area contributed by atoms with Crippen LogP contribution in [-0.2, 0) is 47.5 Å². The Labute approximate surface area is 428 Å². The van der Waals surface area contributed by atoms with Gasteiger partial charge in [0.2, 0.25) is 5.78 Å². The number of hydroxylamine groups is 2. The molecule has 1 spiro atoms. The van der Waals surface area contributed by atoms with Gasteiger partial charge in [0, 0.05) is 48.9 Å². The van der Waals surface area contributed by atoms with Crippen LogP contribution in [0.25, 0.3) is 0 Å². The lowest BCUT2D eigenvalue weighted by atomic mass is 9.49. The Bertz CT molecular complexity index is 2250. The lowest BCUT2D eigenvalue weighted by molar-refractivity contribution is -0.317. The summed E-state index contributed by atoms with van der Waals surface area (Å²) in [6.45, 7) is 20.5. The van der Waals surface area contributed by atoms with Crippen molar-refractivity contribution >= 4 is 17.8 Å². The monoisotopic (exact) mass is 1030 g/mol. The molecule has 2 bridgehead atoms. The number of carbonyl (C=O) groups is 3. The number of alkyl carbamates (subject to hydrolysis) is 1. The van der Waals surface area contributed by atoms with Gasteiger partial charge in [0.1, 0.15) is 23.5 Å². The van der Waals surface area contributed by atoms with Crippen LogP contribution in [0.15, 0.2) is 58.4 Å². The molecule has 19 nitrogen and oxygen atoms in total. The second-order valence-corrected chi connectivity index (χ2v) is 23.1. The fourth-order valence-electron chi connectivity index (χ4n) is 13.9. The molecule has 5 fully saturated rings. The van der Waals surface area contributed by atoms with Gasteiger partial charge in [-0.15, -0.1) is 0 Å².